The van der Waals surface area contributed by atoms with Crippen LogP contribution in [-0.2, 0) is 29.1 Å². The number of hydrogen-bond acceptors (Lipinski definition) is 8. The van der Waals surface area contributed by atoms with E-state index in [2.05, 4.69) is 19.9 Å². The standard InChI is InChI=1S/C12H14O6.C8H8N4O2S/c1-3-18-10(15)8-5-4-7(9(13)14)6-12(8,2)11(16)17;13-15(14,8-4-6-10-11-8)12-7-3-1-2-5-9-7/h4-5H,3,6H2,1-2H3,(H,13,14)(H,16,17);1-6H,(H,9,12)(H,10,11). The number of H-pyrrole nitrogens is 1. The van der Waals surface area contributed by atoms with Gasteiger partial charge in [0.25, 0.3) is 10.0 Å². The highest BCUT2D eigenvalue weighted by atomic mass is 32.2. The highest BCUT2D eigenvalue weighted by molar-refractivity contribution is 7.92. The van der Waals surface area contributed by atoms with Crippen LogP contribution in [0.3, 0.4) is 0 Å². The van der Waals surface area contributed by atoms with Crippen molar-refractivity contribution >= 4 is 33.7 Å². The second-order valence-corrected chi connectivity index (χ2v) is 8.50. The van der Waals surface area contributed by atoms with E-state index < -0.39 is 33.3 Å². The largest absolute Gasteiger partial charge is 0.481 e. The normalized spacial score (nSPS) is 17.5. The highest BCUT2D eigenvalue weighted by Gasteiger charge is 2.44. The lowest BCUT2D eigenvalue weighted by molar-refractivity contribution is -0.151. The van der Waals surface area contributed by atoms with Crippen molar-refractivity contribution < 1.29 is 37.8 Å². The molecule has 33 heavy (non-hydrogen) atoms. The van der Waals surface area contributed by atoms with Gasteiger partial charge >= 0.3 is 17.9 Å². The minimum Gasteiger partial charge on any atom is -0.481 e. The van der Waals surface area contributed by atoms with Crippen LogP contribution in [-0.4, -0.2) is 58.3 Å². The van der Waals surface area contributed by atoms with E-state index in [0.29, 0.717) is 0 Å². The van der Waals surface area contributed by atoms with E-state index in [4.69, 9.17) is 9.84 Å². The fraction of sp³-hybridized carbons (Fsp3) is 0.250. The summed E-state index contributed by atoms with van der Waals surface area (Å²) >= 11 is 0. The number of sulfonamides is 1. The average Bonchev–Trinajstić information content (AvgIpc) is 3.30. The molecule has 1 aliphatic carbocycles. The fourth-order valence-electron chi connectivity index (χ4n) is 2.75. The molecule has 1 atom stereocenters. The van der Waals surface area contributed by atoms with E-state index in [0.717, 1.165) is 0 Å². The molecule has 0 saturated carbocycles. The van der Waals surface area contributed by atoms with E-state index in [1.165, 1.54) is 37.5 Å². The Morgan fingerprint density at radius 1 is 1.18 bits per heavy atom. The number of carbonyl (C=O) groups is 3. The van der Waals surface area contributed by atoms with Crippen LogP contribution in [0.25, 0.3) is 0 Å². The molecule has 13 heteroatoms. The maximum Gasteiger partial charge on any atom is 0.335 e. The molecule has 2 aromatic rings. The van der Waals surface area contributed by atoms with Crippen molar-refractivity contribution in [2.24, 2.45) is 5.41 Å². The third-order valence-corrected chi connectivity index (χ3v) is 5.78. The van der Waals surface area contributed by atoms with Gasteiger partial charge in [-0.3, -0.25) is 14.6 Å². The summed E-state index contributed by atoms with van der Waals surface area (Å²) in [6.07, 6.45) is 5.07. The predicted octanol–water partition coefficient (Wildman–Crippen LogP) is 1.59. The van der Waals surface area contributed by atoms with E-state index in [9.17, 15) is 27.9 Å². The minimum absolute atomic E-state index is 0.00755. The van der Waals surface area contributed by atoms with Crippen LogP contribution in [0.4, 0.5) is 5.82 Å². The van der Waals surface area contributed by atoms with Crippen LogP contribution >= 0.6 is 0 Å². The predicted molar refractivity (Wildman–Crippen MR) is 114 cm³/mol. The number of hydrogen-bond donors (Lipinski definition) is 4. The first kappa shape index (κ1) is 25.3. The van der Waals surface area contributed by atoms with Gasteiger partial charge in [0.1, 0.15) is 11.2 Å². The Labute approximate surface area is 189 Å². The zero-order valence-corrected chi connectivity index (χ0v) is 18.5. The summed E-state index contributed by atoms with van der Waals surface area (Å²) in [5, 5.41) is 24.0. The number of ether oxygens (including phenoxy) is 1. The lowest BCUT2D eigenvalue weighted by atomic mass is 9.73. The molecule has 0 radical (unpaired) electrons. The quantitative estimate of drug-likeness (QED) is 0.425. The average molecular weight is 478 g/mol. The molecule has 3 rings (SSSR count). The molecule has 2 aromatic heterocycles. The van der Waals surface area contributed by atoms with Crippen LogP contribution in [0.1, 0.15) is 20.3 Å². The number of nitrogens with zero attached hydrogens (tertiary/aromatic N) is 2. The smallest absolute Gasteiger partial charge is 0.335 e. The van der Waals surface area contributed by atoms with E-state index in [-0.39, 0.29) is 35.0 Å². The Bertz CT molecular complexity index is 1170. The third kappa shape index (κ3) is 6.26. The summed E-state index contributed by atoms with van der Waals surface area (Å²) in [6.45, 7) is 3.05. The number of esters is 1. The van der Waals surface area contributed by atoms with Gasteiger partial charge in [-0.05, 0) is 38.5 Å². The Morgan fingerprint density at radius 2 is 1.91 bits per heavy atom. The Morgan fingerprint density at radius 3 is 2.42 bits per heavy atom. The molecule has 1 unspecified atom stereocenters. The summed E-state index contributed by atoms with van der Waals surface area (Å²) in [5.41, 5.74) is -1.66. The molecule has 4 N–H and O–H groups in total. The molecule has 0 aromatic carbocycles. The summed E-state index contributed by atoms with van der Waals surface area (Å²) in [5.74, 6) is -2.91. The molecule has 0 amide bonds. The Hall–Kier alpha value is -4.00. The highest BCUT2D eigenvalue weighted by Crippen LogP contribution is 2.38. The van der Waals surface area contributed by atoms with Crippen LogP contribution < -0.4 is 4.72 Å². The number of anilines is 1. The molecular weight excluding hydrogens is 456 g/mol. The van der Waals surface area contributed by atoms with Gasteiger partial charge in [0, 0.05) is 11.8 Å². The number of allylic oxidation sites excluding steroid dienone is 2. The molecule has 0 spiro atoms. The number of carboxylic acid groups (broad SMARTS) is 2. The Balaban J connectivity index is 0.000000237. The first-order chi connectivity index (χ1) is 15.5. The molecule has 0 bridgehead atoms. The van der Waals surface area contributed by atoms with Crippen molar-refractivity contribution in [2.45, 2.75) is 25.3 Å². The van der Waals surface area contributed by atoms with Gasteiger partial charge < -0.3 is 14.9 Å². The topological polar surface area (TPSA) is 189 Å². The lowest BCUT2D eigenvalue weighted by Gasteiger charge is -2.29. The number of carbonyl (C=O) groups excluding carboxylic acids is 1. The molecule has 1 aliphatic rings. The number of carboxylic acids is 2. The third-order valence-electron chi connectivity index (χ3n) is 4.50. The van der Waals surface area contributed by atoms with Crippen molar-refractivity contribution in [3.63, 3.8) is 0 Å². The fourth-order valence-corrected chi connectivity index (χ4v) is 3.67. The first-order valence-electron chi connectivity index (χ1n) is 9.49. The maximum atomic E-state index is 11.7. The van der Waals surface area contributed by atoms with Gasteiger partial charge in [-0.2, -0.15) is 13.5 Å². The minimum atomic E-state index is -3.60. The maximum absolute atomic E-state index is 11.7. The molecule has 0 aliphatic heterocycles. The number of aromatic amines is 1. The molecule has 0 fully saturated rings. The summed E-state index contributed by atoms with van der Waals surface area (Å²) in [6, 6.07) is 6.32. The van der Waals surface area contributed by atoms with Crippen LogP contribution in [0.2, 0.25) is 0 Å². The molecular formula is C20H22N4O8S. The summed E-state index contributed by atoms with van der Waals surface area (Å²) in [7, 11) is -3.60. The zero-order chi connectivity index (χ0) is 24.6. The SMILES string of the molecule is CCOC(=O)C1=CC=C(C(=O)O)CC1(C)C(=O)O.O=S(=O)(Nc1ccccn1)c1ccn[nH]1. The molecule has 0 saturated heterocycles. The first-order valence-corrected chi connectivity index (χ1v) is 11.0. The van der Waals surface area contributed by atoms with E-state index in [1.54, 1.807) is 25.1 Å². The van der Waals surface area contributed by atoms with Gasteiger partial charge in [0.2, 0.25) is 0 Å². The van der Waals surface area contributed by atoms with Gasteiger partial charge in [-0.25, -0.2) is 14.6 Å². The van der Waals surface area contributed by atoms with Crippen molar-refractivity contribution in [1.82, 2.24) is 15.2 Å². The zero-order valence-electron chi connectivity index (χ0n) is 17.7. The molecule has 2 heterocycles. The van der Waals surface area contributed by atoms with Gasteiger partial charge in [-0.15, -0.1) is 0 Å². The van der Waals surface area contributed by atoms with Crippen LogP contribution in [0.5, 0.6) is 0 Å². The van der Waals surface area contributed by atoms with Crippen LogP contribution in [0, 0.1) is 5.41 Å². The van der Waals surface area contributed by atoms with Crippen molar-refractivity contribution in [3.8, 4) is 0 Å². The number of aliphatic carboxylic acids is 2. The lowest BCUT2D eigenvalue weighted by Crippen LogP contribution is -2.37. The van der Waals surface area contributed by atoms with E-state index in [1.807, 2.05) is 0 Å². The number of aromatic nitrogens is 3. The van der Waals surface area contributed by atoms with Gasteiger partial charge in [-0.1, -0.05) is 18.2 Å². The summed E-state index contributed by atoms with van der Waals surface area (Å²) in [4.78, 5) is 37.7. The summed E-state index contributed by atoms with van der Waals surface area (Å²) < 4.78 is 30.4. The second-order valence-electron chi connectivity index (χ2n) is 6.85. The van der Waals surface area contributed by atoms with Gasteiger partial charge in [0.05, 0.1) is 18.4 Å². The number of pyridine rings is 1. The van der Waals surface area contributed by atoms with Crippen molar-refractivity contribution in [1.29, 1.82) is 0 Å². The van der Waals surface area contributed by atoms with Gasteiger partial charge in [0.15, 0.2) is 5.03 Å². The number of nitrogens with one attached hydrogen (secondary N) is 2. The van der Waals surface area contributed by atoms with E-state index >= 15 is 0 Å². The number of rotatable bonds is 7. The molecule has 12 nitrogen and oxygen atoms in total. The van der Waals surface area contributed by atoms with Crippen molar-refractivity contribution in [3.05, 3.63) is 60.0 Å². The van der Waals surface area contributed by atoms with Crippen molar-refractivity contribution in [2.75, 3.05) is 11.3 Å². The monoisotopic (exact) mass is 478 g/mol. The molecule has 176 valence electrons. The van der Waals surface area contributed by atoms with Crippen LogP contribution in [0.15, 0.2) is 65.0 Å². The second kappa shape index (κ2) is 10.5. The Kier molecular flexibility index (Phi) is 8.07.